The number of imide groups is 1. The Labute approximate surface area is 115 Å². The summed E-state index contributed by atoms with van der Waals surface area (Å²) in [5.74, 6) is -0.665. The molecule has 20 heavy (non-hydrogen) atoms. The first kappa shape index (κ1) is 13.2. The number of hydrogen-bond acceptors (Lipinski definition) is 5. The van der Waals surface area contributed by atoms with E-state index in [9.17, 15) is 14.7 Å². The van der Waals surface area contributed by atoms with E-state index >= 15 is 0 Å². The summed E-state index contributed by atoms with van der Waals surface area (Å²) >= 11 is 0. The van der Waals surface area contributed by atoms with Crippen molar-refractivity contribution in [2.45, 2.75) is 18.6 Å². The van der Waals surface area contributed by atoms with Crippen LogP contribution in [0.15, 0.2) is 18.2 Å². The molecule has 2 N–H and O–H groups in total. The fourth-order valence-electron chi connectivity index (χ4n) is 2.43. The van der Waals surface area contributed by atoms with E-state index in [1.807, 2.05) is 0 Å². The van der Waals surface area contributed by atoms with Crippen LogP contribution in [0, 0.1) is 0 Å². The van der Waals surface area contributed by atoms with E-state index in [1.54, 1.807) is 18.2 Å². The van der Waals surface area contributed by atoms with Crippen LogP contribution in [-0.4, -0.2) is 58.9 Å². The van der Waals surface area contributed by atoms with Gasteiger partial charge in [0, 0.05) is 6.42 Å². The summed E-state index contributed by atoms with van der Waals surface area (Å²) in [7, 11) is 0. The number of carbonyl (C=O) groups is 2. The molecule has 2 atom stereocenters. The average molecular weight is 277 g/mol. The van der Waals surface area contributed by atoms with Crippen molar-refractivity contribution in [1.82, 2.24) is 4.90 Å². The molecule has 1 fully saturated rings. The number of epoxide rings is 1. The van der Waals surface area contributed by atoms with Crippen molar-refractivity contribution in [1.29, 1.82) is 0 Å². The maximum absolute atomic E-state index is 12.4. The van der Waals surface area contributed by atoms with Crippen molar-refractivity contribution in [3.8, 4) is 0 Å². The molecule has 2 amide bonds. The van der Waals surface area contributed by atoms with Crippen LogP contribution in [0.25, 0.3) is 0 Å². The second-order valence-corrected chi connectivity index (χ2v) is 5.06. The summed E-state index contributed by atoms with van der Waals surface area (Å²) in [5, 5.41) is 18.4. The highest BCUT2D eigenvalue weighted by molar-refractivity contribution is 6.22. The molecule has 0 bridgehead atoms. The number of amides is 2. The fourth-order valence-corrected chi connectivity index (χ4v) is 2.43. The molecule has 106 valence electrons. The molecule has 2 aliphatic heterocycles. The largest absolute Gasteiger partial charge is 0.394 e. The van der Waals surface area contributed by atoms with Crippen LogP contribution in [0.1, 0.15) is 26.3 Å². The minimum atomic E-state index is -0.940. The molecule has 0 aromatic heterocycles. The number of rotatable bonds is 5. The molecule has 0 radical (unpaired) electrons. The normalized spacial score (nSPS) is 22.1. The summed E-state index contributed by atoms with van der Waals surface area (Å²) in [6.07, 6.45) is -0.846. The lowest BCUT2D eigenvalue weighted by Gasteiger charge is -2.12. The number of aliphatic hydroxyl groups is 2. The van der Waals surface area contributed by atoms with E-state index in [1.165, 1.54) is 4.90 Å². The predicted octanol–water partition coefficient (Wildman–Crippen LogP) is -0.423. The molecule has 1 aromatic rings. The molecule has 6 heteroatoms. The monoisotopic (exact) mass is 277 g/mol. The van der Waals surface area contributed by atoms with Gasteiger partial charge in [0.25, 0.3) is 11.8 Å². The third-order valence-corrected chi connectivity index (χ3v) is 3.54. The van der Waals surface area contributed by atoms with E-state index in [0.29, 0.717) is 23.3 Å². The third kappa shape index (κ3) is 2.22. The molecule has 0 saturated carbocycles. The Morgan fingerprint density at radius 1 is 1.35 bits per heavy atom. The second kappa shape index (κ2) is 4.97. The molecular weight excluding hydrogens is 262 g/mol. The van der Waals surface area contributed by atoms with Gasteiger partial charge < -0.3 is 14.9 Å². The Kier molecular flexibility index (Phi) is 3.29. The highest BCUT2D eigenvalue weighted by Gasteiger charge is 2.40. The lowest BCUT2D eigenvalue weighted by molar-refractivity contribution is 0.0641. The number of ether oxygens (including phenoxy) is 1. The van der Waals surface area contributed by atoms with Gasteiger partial charge >= 0.3 is 0 Å². The number of aliphatic hydroxyl groups excluding tert-OH is 2. The summed E-state index contributed by atoms with van der Waals surface area (Å²) in [4.78, 5) is 25.8. The standard InChI is InChI=1S/C14H15NO5/c16-6-9(17)4-8-2-1-3-11-12(8)14(19)15(13(11)18)5-10-7-20-10/h1-3,9-10,16-17H,4-7H2. The molecule has 6 nitrogen and oxygen atoms in total. The van der Waals surface area contributed by atoms with Gasteiger partial charge in [0.2, 0.25) is 0 Å². The van der Waals surface area contributed by atoms with Crippen LogP contribution >= 0.6 is 0 Å². The zero-order valence-corrected chi connectivity index (χ0v) is 10.8. The summed E-state index contributed by atoms with van der Waals surface area (Å²) < 4.78 is 5.06. The Hall–Kier alpha value is -1.76. The van der Waals surface area contributed by atoms with Gasteiger partial charge in [-0.25, -0.2) is 0 Å². The zero-order chi connectivity index (χ0) is 14.3. The van der Waals surface area contributed by atoms with Crippen LogP contribution < -0.4 is 0 Å². The van der Waals surface area contributed by atoms with Gasteiger partial charge in [0.1, 0.15) is 0 Å². The van der Waals surface area contributed by atoms with E-state index in [-0.39, 0.29) is 37.5 Å². The van der Waals surface area contributed by atoms with Gasteiger partial charge in [-0.1, -0.05) is 12.1 Å². The van der Waals surface area contributed by atoms with Gasteiger partial charge in [-0.2, -0.15) is 0 Å². The van der Waals surface area contributed by atoms with Crippen molar-refractivity contribution in [2.75, 3.05) is 19.8 Å². The summed E-state index contributed by atoms with van der Waals surface area (Å²) in [6, 6.07) is 4.98. The van der Waals surface area contributed by atoms with E-state index in [0.717, 1.165) is 0 Å². The first-order valence-corrected chi connectivity index (χ1v) is 6.50. The maximum Gasteiger partial charge on any atom is 0.261 e. The summed E-state index contributed by atoms with van der Waals surface area (Å²) in [6.45, 7) is 0.462. The molecule has 2 heterocycles. The molecule has 3 rings (SSSR count). The van der Waals surface area contributed by atoms with E-state index in [4.69, 9.17) is 9.84 Å². The number of nitrogens with zero attached hydrogens (tertiary/aromatic N) is 1. The highest BCUT2D eigenvalue weighted by Crippen LogP contribution is 2.28. The number of fused-ring (bicyclic) bond motifs is 1. The van der Waals surface area contributed by atoms with Gasteiger partial charge in [-0.3, -0.25) is 14.5 Å². The molecule has 1 aromatic carbocycles. The first-order valence-electron chi connectivity index (χ1n) is 6.50. The number of carbonyl (C=O) groups excluding carboxylic acids is 2. The molecule has 2 unspecified atom stereocenters. The molecule has 2 aliphatic rings. The van der Waals surface area contributed by atoms with Crippen molar-refractivity contribution < 1.29 is 24.5 Å². The number of benzene rings is 1. The molecular formula is C14H15NO5. The third-order valence-electron chi connectivity index (χ3n) is 3.54. The van der Waals surface area contributed by atoms with Crippen molar-refractivity contribution in [2.24, 2.45) is 0 Å². The highest BCUT2D eigenvalue weighted by atomic mass is 16.6. The predicted molar refractivity (Wildman–Crippen MR) is 68.3 cm³/mol. The van der Waals surface area contributed by atoms with Crippen LogP contribution in [0.2, 0.25) is 0 Å². The Balaban J connectivity index is 1.92. The quantitative estimate of drug-likeness (QED) is 0.563. The van der Waals surface area contributed by atoms with Gasteiger partial charge in [0.15, 0.2) is 0 Å². The number of hydrogen-bond donors (Lipinski definition) is 2. The topological polar surface area (TPSA) is 90.4 Å². The van der Waals surface area contributed by atoms with E-state index in [2.05, 4.69) is 0 Å². The summed E-state index contributed by atoms with van der Waals surface area (Å²) in [5.41, 5.74) is 1.28. The average Bonchev–Trinajstić information content (AvgIpc) is 3.23. The lowest BCUT2D eigenvalue weighted by atomic mass is 9.98. The Morgan fingerprint density at radius 2 is 2.10 bits per heavy atom. The minimum absolute atomic E-state index is 0.0521. The van der Waals surface area contributed by atoms with Gasteiger partial charge in [0.05, 0.1) is 43.1 Å². The minimum Gasteiger partial charge on any atom is -0.394 e. The molecule has 1 saturated heterocycles. The Bertz CT molecular complexity index is 567. The second-order valence-electron chi connectivity index (χ2n) is 5.06. The fraction of sp³-hybridized carbons (Fsp3) is 0.429. The van der Waals surface area contributed by atoms with Crippen molar-refractivity contribution >= 4 is 11.8 Å². The lowest BCUT2D eigenvalue weighted by Crippen LogP contribution is -2.33. The smallest absolute Gasteiger partial charge is 0.261 e. The maximum atomic E-state index is 12.4. The first-order chi connectivity index (χ1) is 9.61. The van der Waals surface area contributed by atoms with Crippen molar-refractivity contribution in [3.63, 3.8) is 0 Å². The Morgan fingerprint density at radius 3 is 2.75 bits per heavy atom. The molecule has 0 aliphatic carbocycles. The van der Waals surface area contributed by atoms with Crippen LogP contribution in [0.4, 0.5) is 0 Å². The van der Waals surface area contributed by atoms with Crippen LogP contribution in [0.3, 0.4) is 0 Å². The van der Waals surface area contributed by atoms with Gasteiger partial charge in [-0.15, -0.1) is 0 Å². The van der Waals surface area contributed by atoms with E-state index < -0.39 is 6.10 Å². The van der Waals surface area contributed by atoms with Crippen LogP contribution in [-0.2, 0) is 11.2 Å². The zero-order valence-electron chi connectivity index (χ0n) is 10.8. The van der Waals surface area contributed by atoms with Gasteiger partial charge in [-0.05, 0) is 11.6 Å². The van der Waals surface area contributed by atoms with Crippen LogP contribution in [0.5, 0.6) is 0 Å². The van der Waals surface area contributed by atoms with Crippen molar-refractivity contribution in [3.05, 3.63) is 34.9 Å². The molecule has 0 spiro atoms. The SMILES string of the molecule is O=C1c2cccc(CC(O)CO)c2C(=O)N1CC1CO1.